The van der Waals surface area contributed by atoms with E-state index in [0.717, 1.165) is 23.8 Å². The number of aryl methyl sites for hydroxylation is 1. The molecule has 0 aliphatic heterocycles. The molecule has 0 spiro atoms. The Hall–Kier alpha value is -3.61. The summed E-state index contributed by atoms with van der Waals surface area (Å²) in [6.45, 7) is -0.276. The number of nitrogens with two attached hydrogens (primary N) is 1. The zero-order chi connectivity index (χ0) is 26.8. The summed E-state index contributed by atoms with van der Waals surface area (Å²) < 4.78 is 80.5. The first-order chi connectivity index (χ1) is 16.8. The first-order valence-electron chi connectivity index (χ1n) is 10.7. The van der Waals surface area contributed by atoms with Crippen LogP contribution < -0.4 is 16.4 Å². The molecule has 1 atom stereocenters. The normalized spacial score (nSPS) is 13.9. The molecule has 0 radical (unpaired) electrons. The molecular weight excluding hydrogens is 492 g/mol. The van der Waals surface area contributed by atoms with E-state index in [1.54, 1.807) is 0 Å². The van der Waals surface area contributed by atoms with E-state index in [1.165, 1.54) is 13.0 Å². The van der Waals surface area contributed by atoms with E-state index in [2.05, 4.69) is 25.4 Å². The molecule has 4 N–H and O–H groups in total. The van der Waals surface area contributed by atoms with Gasteiger partial charge >= 0.3 is 12.4 Å². The second-order valence-electron chi connectivity index (χ2n) is 7.59. The van der Waals surface area contributed by atoms with Crippen molar-refractivity contribution in [3.63, 3.8) is 0 Å². The molecule has 7 nitrogen and oxygen atoms in total. The number of benzene rings is 2. The molecule has 0 aromatic heterocycles. The van der Waals surface area contributed by atoms with Gasteiger partial charge in [-0.15, -0.1) is 0 Å². The second-order valence-corrected chi connectivity index (χ2v) is 7.59. The number of nitrogens with zero attached hydrogens (tertiary/aromatic N) is 2. The number of aliphatic imine (C=N–C) groups is 2. The number of carbonyl (C=O) groups excluding carboxylic acids is 1. The summed E-state index contributed by atoms with van der Waals surface area (Å²) in [4.78, 5) is 19.9. The third kappa shape index (κ3) is 11.2. The highest BCUT2D eigenvalue weighted by Crippen LogP contribution is 2.30. The van der Waals surface area contributed by atoms with Crippen molar-refractivity contribution in [2.24, 2.45) is 15.7 Å². The molecule has 0 fully saturated rings. The summed E-state index contributed by atoms with van der Waals surface area (Å²) >= 11 is 0. The van der Waals surface area contributed by atoms with Gasteiger partial charge in [-0.1, -0.05) is 36.4 Å². The van der Waals surface area contributed by atoms with Gasteiger partial charge in [-0.3, -0.25) is 10.1 Å². The summed E-state index contributed by atoms with van der Waals surface area (Å²) in [5, 5.41) is 5.29. The van der Waals surface area contributed by atoms with Gasteiger partial charge < -0.3 is 15.8 Å². The third-order valence-corrected chi connectivity index (χ3v) is 4.49. The maximum absolute atomic E-state index is 13.0. The molecule has 2 rings (SSSR count). The number of guanidine groups is 1. The number of ketones is 1. The van der Waals surface area contributed by atoms with E-state index >= 15 is 0 Å². The molecule has 0 saturated carbocycles. The quantitative estimate of drug-likeness (QED) is 0.258. The van der Waals surface area contributed by atoms with Gasteiger partial charge in [0.2, 0.25) is 5.96 Å². The van der Waals surface area contributed by atoms with Crippen LogP contribution in [0.5, 0.6) is 0 Å². The van der Waals surface area contributed by atoms with Gasteiger partial charge in [-0.05, 0) is 37.1 Å². The Morgan fingerprint density at radius 2 is 1.75 bits per heavy atom. The molecule has 2 aromatic rings. The average Bonchev–Trinajstić information content (AvgIpc) is 2.80. The number of halogens is 6. The lowest BCUT2D eigenvalue weighted by Crippen LogP contribution is -2.32. The van der Waals surface area contributed by atoms with Crippen molar-refractivity contribution < 1.29 is 35.9 Å². The Morgan fingerprint density at radius 1 is 1.06 bits per heavy atom. The molecule has 1 unspecified atom stereocenters. The minimum Gasteiger partial charge on any atom is -0.455 e. The number of hydrogen-bond acceptors (Lipinski definition) is 4. The van der Waals surface area contributed by atoms with Crippen LogP contribution in [0.25, 0.3) is 0 Å². The zero-order valence-electron chi connectivity index (χ0n) is 19.2. The molecule has 0 bridgehead atoms. The van der Waals surface area contributed by atoms with E-state index in [9.17, 15) is 31.1 Å². The Bertz CT molecular complexity index is 1050. The Balaban J connectivity index is 2.09. The summed E-state index contributed by atoms with van der Waals surface area (Å²) in [6.07, 6.45) is -9.31. The number of rotatable bonds is 9. The molecule has 196 valence electrons. The van der Waals surface area contributed by atoms with Crippen LogP contribution in [0.1, 0.15) is 24.5 Å². The van der Waals surface area contributed by atoms with Crippen molar-refractivity contribution in [2.45, 2.75) is 38.3 Å². The Labute approximate surface area is 203 Å². The molecule has 0 saturated heterocycles. The number of amidine groups is 1. The summed E-state index contributed by atoms with van der Waals surface area (Å²) in [7, 11) is 0. The second kappa shape index (κ2) is 12.9. The van der Waals surface area contributed by atoms with Crippen molar-refractivity contribution in [3.05, 3.63) is 65.7 Å². The Morgan fingerprint density at radius 3 is 2.39 bits per heavy atom. The van der Waals surface area contributed by atoms with E-state index in [1.807, 2.05) is 30.3 Å². The highest BCUT2D eigenvalue weighted by molar-refractivity contribution is 6.00. The van der Waals surface area contributed by atoms with Crippen LogP contribution in [-0.2, 0) is 22.1 Å². The predicted molar refractivity (Wildman–Crippen MR) is 123 cm³/mol. The van der Waals surface area contributed by atoms with Crippen molar-refractivity contribution in [1.82, 2.24) is 5.32 Å². The standard InChI is InChI=1S/C23H25F6N5O2/c1-15(31-13-19(35)11-10-16-6-3-2-4-7-16)32-21(34-20(30)36-14-22(24,25)26)33-18-9-5-8-17(12-18)23(27,28)29/h2-9,12,15,31H,10-11,13-14H2,1H3,(H3,30,32,33,34). The number of nitrogens with one attached hydrogen (secondary N) is 2. The molecule has 2 aromatic carbocycles. The van der Waals surface area contributed by atoms with E-state index in [-0.39, 0.29) is 24.4 Å². The summed E-state index contributed by atoms with van der Waals surface area (Å²) in [5.74, 6) is -0.546. The fraction of sp³-hybridized carbons (Fsp3) is 0.348. The van der Waals surface area contributed by atoms with E-state index in [0.29, 0.717) is 6.42 Å². The van der Waals surface area contributed by atoms with Crippen molar-refractivity contribution in [3.8, 4) is 0 Å². The molecule has 0 aliphatic rings. The van der Waals surface area contributed by atoms with Gasteiger partial charge in [0, 0.05) is 12.1 Å². The van der Waals surface area contributed by atoms with Crippen LogP contribution >= 0.6 is 0 Å². The highest BCUT2D eigenvalue weighted by Gasteiger charge is 2.31. The van der Waals surface area contributed by atoms with Crippen molar-refractivity contribution in [2.75, 3.05) is 18.5 Å². The smallest absolute Gasteiger partial charge is 0.422 e. The van der Waals surface area contributed by atoms with Crippen LogP contribution in [0.2, 0.25) is 0 Å². The van der Waals surface area contributed by atoms with Gasteiger partial charge in [0.15, 0.2) is 6.61 Å². The molecule has 0 aliphatic carbocycles. The molecular formula is C23H25F6N5O2. The number of Topliss-reactive ketones (excluding diaryl/α,β-unsaturated/α-hetero) is 1. The average molecular weight is 517 g/mol. The largest absolute Gasteiger partial charge is 0.455 e. The minimum absolute atomic E-state index is 0.0713. The van der Waals surface area contributed by atoms with Crippen molar-refractivity contribution >= 4 is 23.5 Å². The maximum Gasteiger partial charge on any atom is 0.422 e. The summed E-state index contributed by atoms with van der Waals surface area (Å²) in [5.41, 5.74) is 5.31. The SMILES string of the molecule is CC(N=C(N=C(N)OCC(F)(F)F)Nc1cccc(C(F)(F)F)c1)NCC(=O)CCc1ccccc1. The minimum atomic E-state index is -4.68. The van der Waals surface area contributed by atoms with Gasteiger partial charge in [0.05, 0.1) is 12.1 Å². The van der Waals surface area contributed by atoms with E-state index in [4.69, 9.17) is 5.73 Å². The zero-order valence-corrected chi connectivity index (χ0v) is 19.2. The monoisotopic (exact) mass is 517 g/mol. The number of carbonyl (C=O) groups is 1. The first-order valence-corrected chi connectivity index (χ1v) is 10.7. The molecule has 13 heteroatoms. The van der Waals surface area contributed by atoms with Gasteiger partial charge in [-0.25, -0.2) is 4.99 Å². The topological polar surface area (TPSA) is 101 Å². The highest BCUT2D eigenvalue weighted by atomic mass is 19.4. The van der Waals surface area contributed by atoms with Gasteiger partial charge in [0.1, 0.15) is 11.9 Å². The van der Waals surface area contributed by atoms with Crippen LogP contribution in [-0.4, -0.2) is 43.3 Å². The lowest BCUT2D eigenvalue weighted by Gasteiger charge is -2.14. The van der Waals surface area contributed by atoms with Gasteiger partial charge in [-0.2, -0.15) is 31.3 Å². The van der Waals surface area contributed by atoms with Crippen molar-refractivity contribution in [1.29, 1.82) is 0 Å². The van der Waals surface area contributed by atoms with Crippen LogP contribution in [0.15, 0.2) is 64.6 Å². The lowest BCUT2D eigenvalue weighted by atomic mass is 10.1. The number of ether oxygens (including phenoxy) is 1. The summed E-state index contributed by atoms with van der Waals surface area (Å²) in [6, 6.07) is 12.5. The number of hydrogen-bond donors (Lipinski definition) is 3. The van der Waals surface area contributed by atoms with Gasteiger partial charge in [0.25, 0.3) is 6.02 Å². The fourth-order valence-electron chi connectivity index (χ4n) is 2.79. The third-order valence-electron chi connectivity index (χ3n) is 4.49. The molecule has 0 heterocycles. The molecule has 0 amide bonds. The fourth-order valence-corrected chi connectivity index (χ4v) is 2.79. The van der Waals surface area contributed by atoms with Crippen LogP contribution in [0, 0.1) is 0 Å². The first kappa shape index (κ1) is 28.6. The van der Waals surface area contributed by atoms with E-state index < -0.39 is 42.7 Å². The van der Waals surface area contributed by atoms with Crippen LogP contribution in [0.4, 0.5) is 32.0 Å². The number of anilines is 1. The Kier molecular flexibility index (Phi) is 10.3. The predicted octanol–water partition coefficient (Wildman–Crippen LogP) is 4.50. The van der Waals surface area contributed by atoms with Crippen LogP contribution in [0.3, 0.4) is 0 Å². The molecule has 36 heavy (non-hydrogen) atoms. The lowest BCUT2D eigenvalue weighted by molar-refractivity contribution is -0.156. The maximum atomic E-state index is 13.0. The number of alkyl halides is 6.